The van der Waals surface area contributed by atoms with Crippen molar-refractivity contribution in [1.29, 1.82) is 0 Å². The molecule has 0 saturated carbocycles. The number of carboxylic acids is 2. The number of alkyl carbamates (subject to hydrolysis) is 2. The molecule has 2 N–H and O–H groups in total. The molecule has 0 aliphatic carbocycles. The van der Waals surface area contributed by atoms with Gasteiger partial charge >= 0.3 is 24.0 Å². The Hall–Kier alpha value is -2.80. The van der Waals surface area contributed by atoms with Crippen LogP contribution in [0.2, 0.25) is 0 Å². The van der Waals surface area contributed by atoms with Gasteiger partial charge in [-0.05, 0) is 0 Å². The van der Waals surface area contributed by atoms with Gasteiger partial charge in [0.1, 0.15) is 11.9 Å². The van der Waals surface area contributed by atoms with Crippen LogP contribution in [0, 0.1) is 0 Å². The fourth-order valence-electron chi connectivity index (χ4n) is 0.861. The second kappa shape index (κ2) is 8.73. The summed E-state index contributed by atoms with van der Waals surface area (Å²) in [4.78, 5) is 41.6. The predicted molar refractivity (Wildman–Crippen MR) is 58.6 cm³/mol. The van der Waals surface area contributed by atoms with Gasteiger partial charge in [0.25, 0.3) is 0 Å². The minimum Gasteiger partial charge on any atom is -0.544 e. The lowest BCUT2D eigenvalue weighted by molar-refractivity contribution is -0.332. The normalized spacial score (nSPS) is 11.3. The Bertz CT molecular complexity index is 455. The lowest BCUT2D eigenvalue weighted by Crippen LogP contribution is -2.46. The Morgan fingerprint density at radius 3 is 1.29 bits per heavy atom. The summed E-state index contributed by atoms with van der Waals surface area (Å²) >= 11 is 0. The van der Waals surface area contributed by atoms with Crippen molar-refractivity contribution in [2.45, 2.75) is 11.8 Å². The molecule has 2 amide bonds. The molecule has 10 nitrogen and oxygen atoms in total. The van der Waals surface area contributed by atoms with E-state index in [4.69, 9.17) is 0 Å². The SMILES string of the molecule is O=C(NCCNC(=O)OCC(F)(F)C(=O)[O-])OCC(F)(F)C(=O)[O-]. The van der Waals surface area contributed by atoms with E-state index in [2.05, 4.69) is 9.47 Å². The number of aliphatic carboxylic acids is 2. The molecule has 14 heteroatoms. The van der Waals surface area contributed by atoms with E-state index in [1.807, 2.05) is 10.6 Å². The highest BCUT2D eigenvalue weighted by molar-refractivity contribution is 5.75. The van der Waals surface area contributed by atoms with Gasteiger partial charge in [0.15, 0.2) is 13.2 Å². The molecule has 0 unspecified atom stereocenters. The molecular formula is C10H10F4N2O8-2. The van der Waals surface area contributed by atoms with E-state index < -0.39 is 62.3 Å². The number of halogens is 4. The molecule has 0 saturated heterocycles. The molecule has 0 radical (unpaired) electrons. The number of amides is 2. The number of carboxylic acid groups (broad SMARTS) is 2. The second-order valence-corrected chi connectivity index (χ2v) is 3.99. The number of rotatable bonds is 9. The zero-order valence-electron chi connectivity index (χ0n) is 11.6. The summed E-state index contributed by atoms with van der Waals surface area (Å²) in [5.74, 6) is -14.3. The topological polar surface area (TPSA) is 157 Å². The Balaban J connectivity index is 3.89. The second-order valence-electron chi connectivity index (χ2n) is 3.99. The summed E-state index contributed by atoms with van der Waals surface area (Å²) in [6.07, 6.45) is -2.90. The number of carbonyl (C=O) groups excluding carboxylic acids is 4. The molecule has 0 bridgehead atoms. The van der Waals surface area contributed by atoms with Gasteiger partial charge in [-0.15, -0.1) is 0 Å². The van der Waals surface area contributed by atoms with Gasteiger partial charge in [-0.3, -0.25) is 0 Å². The standard InChI is InChI=1S/C10H12F4N2O8/c11-9(12,5(17)18)3-23-7(21)15-1-2-16-8(22)24-4-10(13,14)6(19)20/h1-4H2,(H,15,21)(H,16,22)(H,17,18)(H,19,20)/p-2. The monoisotopic (exact) mass is 362 g/mol. The molecule has 0 spiro atoms. The third-order valence-corrected chi connectivity index (χ3v) is 2.03. The summed E-state index contributed by atoms with van der Waals surface area (Å²) in [7, 11) is 0. The first-order chi connectivity index (χ1) is 10.9. The average molecular weight is 362 g/mol. The van der Waals surface area contributed by atoms with Crippen LogP contribution in [0.4, 0.5) is 27.2 Å². The van der Waals surface area contributed by atoms with Crippen LogP contribution in [-0.2, 0) is 19.1 Å². The van der Waals surface area contributed by atoms with Crippen LogP contribution in [0.3, 0.4) is 0 Å². The van der Waals surface area contributed by atoms with Crippen molar-refractivity contribution in [3.63, 3.8) is 0 Å². The van der Waals surface area contributed by atoms with Crippen LogP contribution in [0.1, 0.15) is 0 Å². The molecule has 0 aliphatic heterocycles. The van der Waals surface area contributed by atoms with Gasteiger partial charge in [0.2, 0.25) is 0 Å². The van der Waals surface area contributed by atoms with Crippen molar-refractivity contribution in [2.75, 3.05) is 26.3 Å². The molecule has 138 valence electrons. The summed E-state index contributed by atoms with van der Waals surface area (Å²) in [5, 5.41) is 23.4. The summed E-state index contributed by atoms with van der Waals surface area (Å²) < 4.78 is 57.7. The van der Waals surface area contributed by atoms with Crippen molar-refractivity contribution in [3.8, 4) is 0 Å². The minimum atomic E-state index is -4.39. The molecule has 24 heavy (non-hydrogen) atoms. The van der Waals surface area contributed by atoms with Crippen molar-refractivity contribution in [3.05, 3.63) is 0 Å². The third kappa shape index (κ3) is 8.00. The van der Waals surface area contributed by atoms with Gasteiger partial charge in [-0.1, -0.05) is 0 Å². The maximum Gasteiger partial charge on any atom is 0.407 e. The average Bonchev–Trinajstić information content (AvgIpc) is 2.47. The third-order valence-electron chi connectivity index (χ3n) is 2.03. The van der Waals surface area contributed by atoms with Crippen molar-refractivity contribution in [2.24, 2.45) is 0 Å². The van der Waals surface area contributed by atoms with E-state index in [-0.39, 0.29) is 0 Å². The Labute approximate surface area is 130 Å². The van der Waals surface area contributed by atoms with E-state index in [0.717, 1.165) is 0 Å². The first-order valence-corrected chi connectivity index (χ1v) is 5.88. The predicted octanol–water partition coefficient (Wildman–Crippen LogP) is -2.79. The van der Waals surface area contributed by atoms with Gasteiger partial charge in [0.05, 0.1) is 0 Å². The first kappa shape index (κ1) is 21.2. The Kier molecular flexibility index (Phi) is 7.71. The highest BCUT2D eigenvalue weighted by Gasteiger charge is 2.33. The number of hydrogen-bond acceptors (Lipinski definition) is 8. The molecule has 0 aromatic rings. The maximum absolute atomic E-state index is 12.5. The summed E-state index contributed by atoms with van der Waals surface area (Å²) in [6, 6.07) is 0. The van der Waals surface area contributed by atoms with E-state index in [1.54, 1.807) is 0 Å². The van der Waals surface area contributed by atoms with Gasteiger partial charge in [-0.2, -0.15) is 17.6 Å². The molecule has 0 aromatic heterocycles. The zero-order valence-corrected chi connectivity index (χ0v) is 11.6. The lowest BCUT2D eigenvalue weighted by Gasteiger charge is -2.17. The largest absolute Gasteiger partial charge is 0.544 e. The smallest absolute Gasteiger partial charge is 0.407 e. The van der Waals surface area contributed by atoms with Gasteiger partial charge in [0, 0.05) is 13.1 Å². The maximum atomic E-state index is 12.5. The fraction of sp³-hybridized carbons (Fsp3) is 0.600. The van der Waals surface area contributed by atoms with Crippen LogP contribution in [-0.4, -0.2) is 62.3 Å². The van der Waals surface area contributed by atoms with Crippen molar-refractivity contribution in [1.82, 2.24) is 10.6 Å². The van der Waals surface area contributed by atoms with Gasteiger partial charge < -0.3 is 39.9 Å². The van der Waals surface area contributed by atoms with E-state index >= 15 is 0 Å². The quantitative estimate of drug-likeness (QED) is 0.329. The van der Waals surface area contributed by atoms with E-state index in [9.17, 15) is 47.0 Å². The molecule has 0 atom stereocenters. The highest BCUT2D eigenvalue weighted by Crippen LogP contribution is 2.12. The Morgan fingerprint density at radius 2 is 1.04 bits per heavy atom. The zero-order chi connectivity index (χ0) is 19.0. The number of ether oxygens (including phenoxy) is 2. The van der Waals surface area contributed by atoms with Crippen molar-refractivity contribution < 1.29 is 56.4 Å². The molecular weight excluding hydrogens is 352 g/mol. The van der Waals surface area contributed by atoms with Crippen molar-refractivity contribution >= 4 is 24.1 Å². The van der Waals surface area contributed by atoms with Crippen LogP contribution in [0.25, 0.3) is 0 Å². The fourth-order valence-corrected chi connectivity index (χ4v) is 0.861. The minimum absolute atomic E-state index is 0.429. The Morgan fingerprint density at radius 1 is 0.750 bits per heavy atom. The molecule has 0 rings (SSSR count). The summed E-state index contributed by atoms with van der Waals surface area (Å²) in [6.45, 7) is -4.42. The lowest BCUT2D eigenvalue weighted by atomic mass is 10.4. The number of carbonyl (C=O) groups is 4. The first-order valence-electron chi connectivity index (χ1n) is 5.88. The van der Waals surface area contributed by atoms with Crippen LogP contribution in [0.15, 0.2) is 0 Å². The molecule has 0 fully saturated rings. The number of hydrogen-bond donors (Lipinski definition) is 2. The van der Waals surface area contributed by atoms with E-state index in [1.165, 1.54) is 0 Å². The van der Waals surface area contributed by atoms with E-state index in [0.29, 0.717) is 0 Å². The van der Waals surface area contributed by atoms with Crippen LogP contribution < -0.4 is 20.8 Å². The highest BCUT2D eigenvalue weighted by atomic mass is 19.3. The molecule has 0 heterocycles. The molecule has 0 aromatic carbocycles. The van der Waals surface area contributed by atoms with Gasteiger partial charge in [-0.25, -0.2) is 9.59 Å². The van der Waals surface area contributed by atoms with Crippen LogP contribution in [0.5, 0.6) is 0 Å². The number of nitrogens with one attached hydrogen (secondary N) is 2. The number of alkyl halides is 4. The van der Waals surface area contributed by atoms with Crippen LogP contribution >= 0.6 is 0 Å². The molecule has 0 aliphatic rings. The summed E-state index contributed by atoms with van der Waals surface area (Å²) in [5.41, 5.74) is 0.